The minimum absolute atomic E-state index is 0.0384. The molecule has 0 bridgehead atoms. The van der Waals surface area contributed by atoms with Crippen molar-refractivity contribution in [1.82, 2.24) is 14.4 Å². The van der Waals surface area contributed by atoms with Crippen molar-refractivity contribution in [3.63, 3.8) is 0 Å². The fraction of sp³-hybridized carbons (Fsp3) is 0.406. The van der Waals surface area contributed by atoms with E-state index in [1.165, 1.54) is 5.56 Å². The van der Waals surface area contributed by atoms with Crippen molar-refractivity contribution in [2.24, 2.45) is 5.41 Å². The molecule has 3 aliphatic heterocycles. The molecule has 3 aromatic rings. The van der Waals surface area contributed by atoms with E-state index in [9.17, 15) is 14.4 Å². The lowest BCUT2D eigenvalue weighted by molar-refractivity contribution is -0.132. The molecule has 39 heavy (non-hydrogen) atoms. The second-order valence-corrected chi connectivity index (χ2v) is 11.2. The van der Waals surface area contributed by atoms with Crippen LogP contribution in [0.4, 0.5) is 5.69 Å². The molecule has 4 heterocycles. The number of nitrogens with zero attached hydrogens (tertiary/aromatic N) is 4. The van der Waals surface area contributed by atoms with Gasteiger partial charge in [-0.1, -0.05) is 30.3 Å². The number of anilines is 1. The van der Waals surface area contributed by atoms with Crippen molar-refractivity contribution in [1.29, 1.82) is 0 Å². The first-order valence-corrected chi connectivity index (χ1v) is 14.2. The molecule has 2 fully saturated rings. The van der Waals surface area contributed by atoms with Gasteiger partial charge in [0.2, 0.25) is 11.8 Å². The maximum atomic E-state index is 13.5. The number of aromatic nitrogens is 1. The standard InChI is InChI=1S/C32H36N4O3/c37-29(13-14-30(38)36-20-7-9-25-8-1-3-11-27(25)36)35-23-17-32(24-35)15-21-34(22-16-32)31(39)26-10-2-4-12-28(26)33-18-5-6-19-33/h1-6,8,10-12,18-19H,7,9,13-17,20-24H2. The molecule has 2 saturated heterocycles. The van der Waals surface area contributed by atoms with Crippen LogP contribution in [0.3, 0.4) is 0 Å². The van der Waals surface area contributed by atoms with E-state index >= 15 is 0 Å². The summed E-state index contributed by atoms with van der Waals surface area (Å²) in [7, 11) is 0. The monoisotopic (exact) mass is 524 g/mol. The zero-order chi connectivity index (χ0) is 26.8. The van der Waals surface area contributed by atoms with Crippen LogP contribution in [0.25, 0.3) is 5.69 Å². The number of carbonyl (C=O) groups excluding carboxylic acids is 3. The minimum Gasteiger partial charge on any atom is -0.342 e. The van der Waals surface area contributed by atoms with E-state index in [0.717, 1.165) is 63.1 Å². The number of rotatable bonds is 5. The Morgan fingerprint density at radius 1 is 0.692 bits per heavy atom. The minimum atomic E-state index is 0.0384. The predicted octanol–water partition coefficient (Wildman–Crippen LogP) is 4.69. The first kappa shape index (κ1) is 25.4. The van der Waals surface area contributed by atoms with E-state index in [-0.39, 0.29) is 36.0 Å². The zero-order valence-electron chi connectivity index (χ0n) is 22.4. The highest BCUT2D eigenvalue weighted by Gasteiger charge is 2.43. The average Bonchev–Trinajstić information content (AvgIpc) is 3.67. The molecule has 0 atom stereocenters. The molecule has 0 saturated carbocycles. The second kappa shape index (κ2) is 10.7. The lowest BCUT2D eigenvalue weighted by atomic mass is 9.77. The summed E-state index contributed by atoms with van der Waals surface area (Å²) in [6.07, 6.45) is 9.15. The van der Waals surface area contributed by atoms with Crippen molar-refractivity contribution in [3.8, 4) is 5.69 Å². The SMILES string of the molecule is O=C(CCC(=O)N1CCCc2ccccc21)N1CCC2(CCN(C(=O)c3ccccc3-n3cccc3)CC2)C1. The van der Waals surface area contributed by atoms with Crippen LogP contribution in [0.1, 0.15) is 54.4 Å². The first-order chi connectivity index (χ1) is 19.0. The smallest absolute Gasteiger partial charge is 0.255 e. The van der Waals surface area contributed by atoms with E-state index in [2.05, 4.69) is 6.07 Å². The molecule has 0 aliphatic carbocycles. The van der Waals surface area contributed by atoms with Crippen LogP contribution < -0.4 is 4.90 Å². The molecular formula is C32H36N4O3. The number of carbonyl (C=O) groups is 3. The number of amides is 3. The number of fused-ring (bicyclic) bond motifs is 1. The Morgan fingerprint density at radius 2 is 1.33 bits per heavy atom. The fourth-order valence-corrected chi connectivity index (χ4v) is 6.58. The maximum Gasteiger partial charge on any atom is 0.255 e. The van der Waals surface area contributed by atoms with Crippen LogP contribution >= 0.6 is 0 Å². The van der Waals surface area contributed by atoms with Gasteiger partial charge >= 0.3 is 0 Å². The van der Waals surface area contributed by atoms with Gasteiger partial charge in [0.25, 0.3) is 5.91 Å². The zero-order valence-corrected chi connectivity index (χ0v) is 22.4. The van der Waals surface area contributed by atoms with E-state index < -0.39 is 0 Å². The van der Waals surface area contributed by atoms with Gasteiger partial charge in [-0.15, -0.1) is 0 Å². The molecule has 1 aromatic heterocycles. The van der Waals surface area contributed by atoms with Crippen LogP contribution in [-0.2, 0) is 16.0 Å². The summed E-state index contributed by atoms with van der Waals surface area (Å²) in [6, 6.07) is 19.8. The van der Waals surface area contributed by atoms with Gasteiger partial charge in [0.15, 0.2) is 0 Å². The summed E-state index contributed by atoms with van der Waals surface area (Å²) in [4.78, 5) is 45.3. The van der Waals surface area contributed by atoms with E-state index in [4.69, 9.17) is 0 Å². The van der Waals surface area contributed by atoms with Crippen LogP contribution in [0.15, 0.2) is 73.1 Å². The molecule has 0 unspecified atom stereocenters. The van der Waals surface area contributed by atoms with Crippen molar-refractivity contribution in [3.05, 3.63) is 84.2 Å². The summed E-state index contributed by atoms with van der Waals surface area (Å²) in [5, 5.41) is 0. The molecular weight excluding hydrogens is 488 g/mol. The molecule has 0 N–H and O–H groups in total. The van der Waals surface area contributed by atoms with Crippen LogP contribution in [0.2, 0.25) is 0 Å². The third-order valence-electron chi connectivity index (χ3n) is 8.88. The lowest BCUT2D eigenvalue weighted by Gasteiger charge is -2.39. The average molecular weight is 525 g/mol. The first-order valence-electron chi connectivity index (χ1n) is 14.2. The van der Waals surface area contributed by atoms with Crippen LogP contribution in [-0.4, -0.2) is 64.8 Å². The van der Waals surface area contributed by atoms with Gasteiger partial charge < -0.3 is 19.3 Å². The van der Waals surface area contributed by atoms with Gasteiger partial charge in [0.1, 0.15) is 0 Å². The Hall–Kier alpha value is -3.87. The quantitative estimate of drug-likeness (QED) is 0.486. The number of hydrogen-bond donors (Lipinski definition) is 0. The molecule has 3 aliphatic rings. The van der Waals surface area contributed by atoms with Gasteiger partial charge in [0, 0.05) is 63.6 Å². The van der Waals surface area contributed by atoms with Gasteiger partial charge in [-0.2, -0.15) is 0 Å². The Bertz CT molecular complexity index is 1360. The number of para-hydroxylation sites is 2. The van der Waals surface area contributed by atoms with Crippen molar-refractivity contribution in [2.75, 3.05) is 37.6 Å². The molecule has 0 radical (unpaired) electrons. The van der Waals surface area contributed by atoms with Gasteiger partial charge in [0.05, 0.1) is 11.3 Å². The molecule has 1 spiro atoms. The van der Waals surface area contributed by atoms with Crippen molar-refractivity contribution in [2.45, 2.75) is 44.9 Å². The topological polar surface area (TPSA) is 65.9 Å². The predicted molar refractivity (Wildman–Crippen MR) is 151 cm³/mol. The number of hydrogen-bond acceptors (Lipinski definition) is 3. The number of likely N-dealkylation sites (tertiary alicyclic amines) is 2. The highest BCUT2D eigenvalue weighted by molar-refractivity contribution is 5.98. The number of benzene rings is 2. The van der Waals surface area contributed by atoms with Crippen LogP contribution in [0, 0.1) is 5.41 Å². The summed E-state index contributed by atoms with van der Waals surface area (Å²) in [5.41, 5.74) is 3.89. The van der Waals surface area contributed by atoms with Crippen LogP contribution in [0.5, 0.6) is 0 Å². The van der Waals surface area contributed by atoms with Gasteiger partial charge in [-0.3, -0.25) is 14.4 Å². The molecule has 7 heteroatoms. The van der Waals surface area contributed by atoms with Gasteiger partial charge in [-0.25, -0.2) is 0 Å². The van der Waals surface area contributed by atoms with Gasteiger partial charge in [-0.05, 0) is 73.4 Å². The lowest BCUT2D eigenvalue weighted by Crippen LogP contribution is -2.45. The fourth-order valence-electron chi connectivity index (χ4n) is 6.58. The largest absolute Gasteiger partial charge is 0.342 e. The van der Waals surface area contributed by atoms with E-state index in [0.29, 0.717) is 18.7 Å². The van der Waals surface area contributed by atoms with E-state index in [1.807, 2.05) is 86.3 Å². The summed E-state index contributed by atoms with van der Waals surface area (Å²) < 4.78 is 1.98. The number of aryl methyl sites for hydroxylation is 1. The normalized spacial score (nSPS) is 18.3. The molecule has 202 valence electrons. The number of piperidine rings is 1. The van der Waals surface area contributed by atoms with E-state index in [1.54, 1.807) is 0 Å². The Balaban J connectivity index is 1.02. The van der Waals surface area contributed by atoms with Crippen molar-refractivity contribution < 1.29 is 14.4 Å². The van der Waals surface area contributed by atoms with Crippen molar-refractivity contribution >= 4 is 23.4 Å². The highest BCUT2D eigenvalue weighted by Crippen LogP contribution is 2.41. The Labute approximate surface area is 230 Å². The molecule has 7 nitrogen and oxygen atoms in total. The Kier molecular flexibility index (Phi) is 6.98. The maximum absolute atomic E-state index is 13.5. The molecule has 6 rings (SSSR count). The second-order valence-electron chi connectivity index (χ2n) is 11.2. The molecule has 3 amide bonds. The third-order valence-corrected chi connectivity index (χ3v) is 8.88. The third kappa shape index (κ3) is 5.10. The Morgan fingerprint density at radius 3 is 2.10 bits per heavy atom. The highest BCUT2D eigenvalue weighted by atomic mass is 16.2. The summed E-state index contributed by atoms with van der Waals surface area (Å²) >= 11 is 0. The molecule has 2 aromatic carbocycles. The summed E-state index contributed by atoms with van der Waals surface area (Å²) in [6.45, 7) is 3.60. The summed E-state index contributed by atoms with van der Waals surface area (Å²) in [5.74, 6) is 0.180.